The predicted molar refractivity (Wildman–Crippen MR) is 29.2 cm³/mol. The predicted octanol–water partition coefficient (Wildman–Crippen LogP) is 0.565. The van der Waals surface area contributed by atoms with Crippen LogP contribution in [0.25, 0.3) is 0 Å². The van der Waals surface area contributed by atoms with Gasteiger partial charge in [-0.05, 0) is 0 Å². The highest BCUT2D eigenvalue weighted by molar-refractivity contribution is 5.77. The molecule has 0 bridgehead atoms. The molecule has 1 N–H and O–H groups in total. The van der Waals surface area contributed by atoms with Gasteiger partial charge in [0.25, 0.3) is 6.10 Å². The molecule has 0 rings (SSSR count). The minimum Gasteiger partial charge on any atom is -0.478 e. The van der Waals surface area contributed by atoms with Crippen LogP contribution in [0.4, 0.5) is 13.2 Å². The first-order chi connectivity index (χ1) is 5.25. The molecule has 1 unspecified atom stereocenters. The van der Waals surface area contributed by atoms with Crippen LogP contribution in [-0.2, 0) is 14.3 Å². The number of carbonyl (C=O) groups is 2. The second kappa shape index (κ2) is 3.42. The number of carboxylic acid groups (broad SMARTS) is 1. The molecule has 0 aromatic heterocycles. The van der Waals surface area contributed by atoms with Crippen LogP contribution in [0.2, 0.25) is 0 Å². The minimum absolute atomic E-state index is 0.696. The normalized spacial score (nSPS) is 13.7. The van der Waals surface area contributed by atoms with Crippen LogP contribution in [0.5, 0.6) is 0 Å². The van der Waals surface area contributed by atoms with Gasteiger partial charge in [0.1, 0.15) is 0 Å². The van der Waals surface area contributed by atoms with Gasteiger partial charge in [-0.3, -0.25) is 4.79 Å². The third kappa shape index (κ3) is 3.22. The van der Waals surface area contributed by atoms with E-state index in [-0.39, 0.29) is 0 Å². The molecule has 12 heavy (non-hydrogen) atoms. The molecule has 0 aromatic carbocycles. The van der Waals surface area contributed by atoms with E-state index < -0.39 is 24.2 Å². The SMILES string of the molecule is CC(=O)OC(C(=O)O)C(F)(F)F. The van der Waals surface area contributed by atoms with Crippen molar-refractivity contribution >= 4 is 11.9 Å². The van der Waals surface area contributed by atoms with Crippen LogP contribution in [0, 0.1) is 0 Å². The van der Waals surface area contributed by atoms with E-state index in [1.807, 2.05) is 0 Å². The van der Waals surface area contributed by atoms with E-state index in [2.05, 4.69) is 4.74 Å². The Hall–Kier alpha value is -1.27. The Morgan fingerprint density at radius 2 is 1.83 bits per heavy atom. The maximum Gasteiger partial charge on any atom is 0.436 e. The zero-order chi connectivity index (χ0) is 9.94. The zero-order valence-corrected chi connectivity index (χ0v) is 5.88. The average Bonchev–Trinajstić information content (AvgIpc) is 1.79. The minimum atomic E-state index is -5.07. The maximum atomic E-state index is 11.7. The van der Waals surface area contributed by atoms with E-state index in [0.717, 1.165) is 0 Å². The van der Waals surface area contributed by atoms with E-state index in [0.29, 0.717) is 6.92 Å². The Kier molecular flexibility index (Phi) is 3.06. The molecule has 0 aliphatic heterocycles. The summed E-state index contributed by atoms with van der Waals surface area (Å²) < 4.78 is 38.5. The summed E-state index contributed by atoms with van der Waals surface area (Å²) >= 11 is 0. The fraction of sp³-hybridized carbons (Fsp3) is 0.600. The van der Waals surface area contributed by atoms with Crippen LogP contribution in [0.1, 0.15) is 6.92 Å². The molecule has 0 fully saturated rings. The summed E-state index contributed by atoms with van der Waals surface area (Å²) in [5, 5.41) is 7.96. The highest BCUT2D eigenvalue weighted by Crippen LogP contribution is 2.23. The Bertz CT molecular complexity index is 197. The van der Waals surface area contributed by atoms with Gasteiger partial charge in [-0.15, -0.1) is 0 Å². The monoisotopic (exact) mass is 186 g/mol. The van der Waals surface area contributed by atoms with E-state index in [9.17, 15) is 22.8 Å². The lowest BCUT2D eigenvalue weighted by molar-refractivity contribution is -0.226. The summed E-state index contributed by atoms with van der Waals surface area (Å²) in [5.41, 5.74) is 0. The number of carboxylic acids is 1. The molecule has 0 radical (unpaired) electrons. The first-order valence-electron chi connectivity index (χ1n) is 2.72. The summed E-state index contributed by atoms with van der Waals surface area (Å²) in [6.45, 7) is 0.696. The summed E-state index contributed by atoms with van der Waals surface area (Å²) in [6.07, 6.45) is -8.15. The van der Waals surface area contributed by atoms with E-state index >= 15 is 0 Å². The number of aliphatic carboxylic acids is 1. The third-order valence-electron chi connectivity index (χ3n) is 0.805. The standard InChI is InChI=1S/C5H5F3O4/c1-2(9)12-3(4(10)11)5(6,7)8/h3H,1H3,(H,10,11). The Morgan fingerprint density at radius 3 is 1.92 bits per heavy atom. The molecule has 70 valence electrons. The highest BCUT2D eigenvalue weighted by Gasteiger charge is 2.48. The lowest BCUT2D eigenvalue weighted by atomic mass is 10.3. The molecule has 0 heterocycles. The summed E-state index contributed by atoms with van der Waals surface area (Å²) in [7, 11) is 0. The molecule has 0 amide bonds. The number of esters is 1. The van der Waals surface area contributed by atoms with Gasteiger partial charge in [0, 0.05) is 6.92 Å². The van der Waals surface area contributed by atoms with Crippen LogP contribution in [-0.4, -0.2) is 29.3 Å². The van der Waals surface area contributed by atoms with Gasteiger partial charge in [0.15, 0.2) is 0 Å². The number of hydrogen-bond acceptors (Lipinski definition) is 3. The van der Waals surface area contributed by atoms with Crippen molar-refractivity contribution in [1.82, 2.24) is 0 Å². The molecule has 0 saturated heterocycles. The van der Waals surface area contributed by atoms with Crippen molar-refractivity contribution in [3.63, 3.8) is 0 Å². The molecule has 7 heteroatoms. The van der Waals surface area contributed by atoms with Gasteiger partial charge in [-0.1, -0.05) is 0 Å². The number of rotatable bonds is 2. The first kappa shape index (κ1) is 10.7. The van der Waals surface area contributed by atoms with Crippen LogP contribution in [0.15, 0.2) is 0 Å². The van der Waals surface area contributed by atoms with Crippen molar-refractivity contribution in [2.45, 2.75) is 19.2 Å². The average molecular weight is 186 g/mol. The Balaban J connectivity index is 4.46. The lowest BCUT2D eigenvalue weighted by Crippen LogP contribution is -2.40. The maximum absolute atomic E-state index is 11.7. The number of carbonyl (C=O) groups excluding carboxylic acids is 1. The fourth-order valence-electron chi connectivity index (χ4n) is 0.423. The quantitative estimate of drug-likeness (QED) is 0.640. The van der Waals surface area contributed by atoms with Crippen molar-refractivity contribution < 1.29 is 32.6 Å². The lowest BCUT2D eigenvalue weighted by Gasteiger charge is -2.14. The molecular formula is C5H5F3O4. The van der Waals surface area contributed by atoms with Gasteiger partial charge >= 0.3 is 18.1 Å². The second-order valence-electron chi connectivity index (χ2n) is 1.87. The van der Waals surface area contributed by atoms with E-state index in [1.165, 1.54) is 0 Å². The van der Waals surface area contributed by atoms with Crippen molar-refractivity contribution in [1.29, 1.82) is 0 Å². The van der Waals surface area contributed by atoms with Gasteiger partial charge < -0.3 is 9.84 Å². The number of halogens is 3. The molecule has 0 spiro atoms. The van der Waals surface area contributed by atoms with Crippen molar-refractivity contribution in [3.05, 3.63) is 0 Å². The van der Waals surface area contributed by atoms with Gasteiger partial charge in [-0.2, -0.15) is 13.2 Å². The zero-order valence-electron chi connectivity index (χ0n) is 5.88. The summed E-state index contributed by atoms with van der Waals surface area (Å²) in [5.74, 6) is -3.53. The Morgan fingerprint density at radius 1 is 1.42 bits per heavy atom. The molecule has 4 nitrogen and oxygen atoms in total. The Labute approximate surface area is 64.9 Å². The fourth-order valence-corrected chi connectivity index (χ4v) is 0.423. The molecular weight excluding hydrogens is 181 g/mol. The van der Waals surface area contributed by atoms with Crippen LogP contribution in [0.3, 0.4) is 0 Å². The largest absolute Gasteiger partial charge is 0.478 e. The summed E-state index contributed by atoms with van der Waals surface area (Å²) in [6, 6.07) is 0. The molecule has 0 aliphatic rings. The number of hydrogen-bond donors (Lipinski definition) is 1. The van der Waals surface area contributed by atoms with Crippen molar-refractivity contribution in [3.8, 4) is 0 Å². The van der Waals surface area contributed by atoms with E-state index in [1.54, 1.807) is 0 Å². The highest BCUT2D eigenvalue weighted by atomic mass is 19.4. The van der Waals surface area contributed by atoms with E-state index in [4.69, 9.17) is 5.11 Å². The van der Waals surface area contributed by atoms with Crippen LogP contribution >= 0.6 is 0 Å². The first-order valence-corrected chi connectivity index (χ1v) is 2.72. The topological polar surface area (TPSA) is 63.6 Å². The third-order valence-corrected chi connectivity index (χ3v) is 0.805. The number of alkyl halides is 3. The van der Waals surface area contributed by atoms with Gasteiger partial charge in [0.2, 0.25) is 0 Å². The van der Waals surface area contributed by atoms with Crippen molar-refractivity contribution in [2.24, 2.45) is 0 Å². The van der Waals surface area contributed by atoms with Gasteiger partial charge in [0.05, 0.1) is 0 Å². The second-order valence-corrected chi connectivity index (χ2v) is 1.87. The number of ether oxygens (including phenoxy) is 1. The molecule has 0 aromatic rings. The van der Waals surface area contributed by atoms with Crippen molar-refractivity contribution in [2.75, 3.05) is 0 Å². The molecule has 0 aliphatic carbocycles. The van der Waals surface area contributed by atoms with Gasteiger partial charge in [-0.25, -0.2) is 4.79 Å². The summed E-state index contributed by atoms with van der Waals surface area (Å²) in [4.78, 5) is 19.9. The molecule has 0 saturated carbocycles. The molecule has 1 atom stereocenters. The smallest absolute Gasteiger partial charge is 0.436 e. The van der Waals surface area contributed by atoms with Crippen LogP contribution < -0.4 is 0 Å².